The molecule has 2 N–H and O–H groups in total. The molecular weight excluding hydrogens is 406 g/mol. The van der Waals surface area contributed by atoms with E-state index in [1.165, 1.54) is 18.2 Å². The minimum atomic E-state index is -1.03. The molecule has 0 spiro atoms. The Bertz CT molecular complexity index is 807. The highest BCUT2D eigenvalue weighted by Gasteiger charge is 2.25. The van der Waals surface area contributed by atoms with Crippen LogP contribution in [0.15, 0.2) is 36.4 Å². The minimum absolute atomic E-state index is 0.0728. The van der Waals surface area contributed by atoms with E-state index in [1.54, 1.807) is 34.9 Å². The van der Waals surface area contributed by atoms with Crippen LogP contribution >= 0.6 is 11.8 Å². The first-order valence-corrected chi connectivity index (χ1v) is 11.1. The molecule has 1 heterocycles. The van der Waals surface area contributed by atoms with Crippen molar-refractivity contribution in [3.8, 4) is 0 Å². The van der Waals surface area contributed by atoms with E-state index in [0.717, 1.165) is 24.3 Å². The fourth-order valence-electron chi connectivity index (χ4n) is 3.32. The van der Waals surface area contributed by atoms with Gasteiger partial charge in [-0.25, -0.2) is 4.79 Å². The van der Waals surface area contributed by atoms with Crippen LogP contribution in [-0.2, 0) is 20.8 Å². The fourth-order valence-corrected chi connectivity index (χ4v) is 4.20. The van der Waals surface area contributed by atoms with E-state index < -0.39 is 11.9 Å². The monoisotopic (exact) mass is 433 g/mol. The molecule has 1 aromatic rings. The largest absolute Gasteiger partial charge is 0.481 e. The van der Waals surface area contributed by atoms with Crippen LogP contribution in [-0.4, -0.2) is 62.8 Å². The molecule has 0 radical (unpaired) electrons. The van der Waals surface area contributed by atoms with Crippen LogP contribution in [0.4, 0.5) is 0 Å². The van der Waals surface area contributed by atoms with E-state index in [2.05, 4.69) is 0 Å². The van der Waals surface area contributed by atoms with Crippen molar-refractivity contribution in [2.24, 2.45) is 0 Å². The normalized spacial score (nSPS) is 16.7. The smallest absolute Gasteiger partial charge is 0.335 e. The SMILES string of the molecule is O=C(O)CCCSCCN1C(=O)CCC[C@@H]1/C=C/C(=O)Cc1cccc(C(=O)O)c1. The molecule has 7 nitrogen and oxygen atoms in total. The first-order chi connectivity index (χ1) is 14.4. The molecule has 1 aliphatic rings. The van der Waals surface area contributed by atoms with Crippen LogP contribution < -0.4 is 0 Å². The average Bonchev–Trinajstić information content (AvgIpc) is 2.70. The van der Waals surface area contributed by atoms with Gasteiger partial charge in [-0.3, -0.25) is 14.4 Å². The number of nitrogens with zero attached hydrogens (tertiary/aromatic N) is 1. The molecule has 1 aliphatic heterocycles. The van der Waals surface area contributed by atoms with Crippen LogP contribution in [0.5, 0.6) is 0 Å². The Balaban J connectivity index is 1.87. The molecule has 0 unspecified atom stereocenters. The van der Waals surface area contributed by atoms with Crippen molar-refractivity contribution in [1.82, 2.24) is 4.90 Å². The molecule has 30 heavy (non-hydrogen) atoms. The molecule has 1 amide bonds. The number of hydrogen-bond donors (Lipinski definition) is 2. The van der Waals surface area contributed by atoms with E-state index in [9.17, 15) is 19.2 Å². The van der Waals surface area contributed by atoms with E-state index in [4.69, 9.17) is 10.2 Å². The van der Waals surface area contributed by atoms with E-state index >= 15 is 0 Å². The van der Waals surface area contributed by atoms with Gasteiger partial charge in [-0.05, 0) is 48.8 Å². The second kappa shape index (κ2) is 12.2. The van der Waals surface area contributed by atoms with Crippen LogP contribution in [0.25, 0.3) is 0 Å². The lowest BCUT2D eigenvalue weighted by atomic mass is 10.00. The van der Waals surface area contributed by atoms with Gasteiger partial charge < -0.3 is 15.1 Å². The minimum Gasteiger partial charge on any atom is -0.481 e. The zero-order chi connectivity index (χ0) is 21.9. The standard InChI is InChI=1S/C22H27NO6S/c24-19(15-16-4-1-5-17(14-16)22(28)29)10-9-18-6-2-7-20(25)23(18)11-13-30-12-3-8-21(26)27/h1,4-5,9-10,14,18H,2-3,6-8,11-13,15H2,(H,26,27)(H,28,29)/b10-9+/t18-/m1/s1. The van der Waals surface area contributed by atoms with Crippen LogP contribution in [0.2, 0.25) is 0 Å². The first kappa shape index (κ1) is 23.7. The molecule has 162 valence electrons. The van der Waals surface area contributed by atoms with Crippen molar-refractivity contribution in [1.29, 1.82) is 0 Å². The molecule has 1 fully saturated rings. The molecule has 1 aromatic carbocycles. The number of carbonyl (C=O) groups excluding carboxylic acids is 2. The number of carbonyl (C=O) groups is 4. The molecule has 8 heteroatoms. The Labute approximate surface area is 180 Å². The first-order valence-electron chi connectivity index (χ1n) is 9.99. The van der Waals surface area contributed by atoms with E-state index in [0.29, 0.717) is 24.9 Å². The van der Waals surface area contributed by atoms with Crippen molar-refractivity contribution >= 4 is 35.4 Å². The van der Waals surface area contributed by atoms with Crippen LogP contribution in [0.3, 0.4) is 0 Å². The number of allylic oxidation sites excluding steroid dienone is 1. The summed E-state index contributed by atoms with van der Waals surface area (Å²) in [6.45, 7) is 0.570. The number of ketones is 1. The highest BCUT2D eigenvalue weighted by molar-refractivity contribution is 7.99. The highest BCUT2D eigenvalue weighted by atomic mass is 32.2. The summed E-state index contributed by atoms with van der Waals surface area (Å²) in [6, 6.07) is 6.19. The number of carboxylic acids is 2. The number of likely N-dealkylation sites (tertiary alicyclic amines) is 1. The average molecular weight is 434 g/mol. The van der Waals surface area contributed by atoms with Gasteiger partial charge in [-0.2, -0.15) is 11.8 Å². The number of thioether (sulfide) groups is 1. The second-order valence-electron chi connectivity index (χ2n) is 7.16. The molecule has 1 saturated heterocycles. The van der Waals surface area contributed by atoms with Gasteiger partial charge in [0.1, 0.15) is 0 Å². The number of amides is 1. The summed E-state index contributed by atoms with van der Waals surface area (Å²) >= 11 is 1.63. The zero-order valence-corrected chi connectivity index (χ0v) is 17.6. The topological polar surface area (TPSA) is 112 Å². The summed E-state index contributed by atoms with van der Waals surface area (Å²) in [4.78, 5) is 48.0. The van der Waals surface area contributed by atoms with Gasteiger partial charge in [0.05, 0.1) is 11.6 Å². The number of aliphatic carboxylic acids is 1. The van der Waals surface area contributed by atoms with Crippen molar-refractivity contribution in [2.45, 2.75) is 44.6 Å². The predicted octanol–water partition coefficient (Wildman–Crippen LogP) is 3.03. The number of rotatable bonds is 12. The van der Waals surface area contributed by atoms with Crippen molar-refractivity contribution in [2.75, 3.05) is 18.1 Å². The third-order valence-corrected chi connectivity index (χ3v) is 5.87. The third-order valence-electron chi connectivity index (χ3n) is 4.82. The summed E-state index contributed by atoms with van der Waals surface area (Å²) in [6.07, 6.45) is 6.22. The summed E-state index contributed by atoms with van der Waals surface area (Å²) in [5, 5.41) is 17.7. The predicted molar refractivity (Wildman–Crippen MR) is 115 cm³/mol. The summed E-state index contributed by atoms with van der Waals surface area (Å²) < 4.78 is 0. The van der Waals surface area contributed by atoms with Gasteiger partial charge in [0.25, 0.3) is 0 Å². The van der Waals surface area contributed by atoms with Gasteiger partial charge >= 0.3 is 11.9 Å². The van der Waals surface area contributed by atoms with Crippen LogP contribution in [0, 0.1) is 0 Å². The van der Waals surface area contributed by atoms with Crippen molar-refractivity contribution in [3.63, 3.8) is 0 Å². The van der Waals surface area contributed by atoms with Crippen LogP contribution in [0.1, 0.15) is 48.0 Å². The number of piperidine rings is 1. The highest BCUT2D eigenvalue weighted by Crippen LogP contribution is 2.20. The lowest BCUT2D eigenvalue weighted by Crippen LogP contribution is -2.43. The maximum atomic E-state index is 12.3. The number of carboxylic acid groups (broad SMARTS) is 2. The van der Waals surface area contributed by atoms with Crippen molar-refractivity contribution < 1.29 is 29.4 Å². The van der Waals surface area contributed by atoms with Gasteiger partial charge in [0, 0.05) is 31.6 Å². The van der Waals surface area contributed by atoms with E-state index in [-0.39, 0.29) is 36.1 Å². The molecule has 2 rings (SSSR count). The van der Waals surface area contributed by atoms with Gasteiger partial charge in [-0.1, -0.05) is 18.2 Å². The third kappa shape index (κ3) is 8.02. The molecular formula is C22H27NO6S. The number of aromatic carboxylic acids is 1. The lowest BCUT2D eigenvalue weighted by molar-refractivity contribution is -0.137. The Kier molecular flexibility index (Phi) is 9.60. The molecule has 0 saturated carbocycles. The number of hydrogen-bond acceptors (Lipinski definition) is 5. The Morgan fingerprint density at radius 2 is 2.00 bits per heavy atom. The maximum absolute atomic E-state index is 12.3. The Morgan fingerprint density at radius 1 is 1.20 bits per heavy atom. The quantitative estimate of drug-likeness (QED) is 0.385. The lowest BCUT2D eigenvalue weighted by Gasteiger charge is -2.34. The summed E-state index contributed by atoms with van der Waals surface area (Å²) in [7, 11) is 0. The van der Waals surface area contributed by atoms with Crippen molar-refractivity contribution in [3.05, 3.63) is 47.5 Å². The van der Waals surface area contributed by atoms with Gasteiger partial charge in [-0.15, -0.1) is 0 Å². The fraction of sp³-hybridized carbons (Fsp3) is 0.455. The molecule has 0 bridgehead atoms. The number of benzene rings is 1. The Hall–Kier alpha value is -2.61. The Morgan fingerprint density at radius 3 is 2.73 bits per heavy atom. The second-order valence-corrected chi connectivity index (χ2v) is 8.39. The van der Waals surface area contributed by atoms with Gasteiger partial charge in [0.2, 0.25) is 5.91 Å². The molecule has 0 aliphatic carbocycles. The summed E-state index contributed by atoms with van der Waals surface area (Å²) in [5.74, 6) is -0.431. The molecule has 0 aromatic heterocycles. The maximum Gasteiger partial charge on any atom is 0.335 e. The zero-order valence-electron chi connectivity index (χ0n) is 16.8. The van der Waals surface area contributed by atoms with Gasteiger partial charge in [0.15, 0.2) is 5.78 Å². The van der Waals surface area contributed by atoms with E-state index in [1.807, 2.05) is 0 Å². The summed E-state index contributed by atoms with van der Waals surface area (Å²) in [5.41, 5.74) is 0.785. The molecule has 1 atom stereocenters.